The van der Waals surface area contributed by atoms with Gasteiger partial charge in [0.05, 0.1) is 19.4 Å². The largest absolute Gasteiger partial charge is 0.467 e. The molecule has 0 aliphatic rings. The normalized spacial score (nSPS) is 11.9. The number of carbonyl (C=O) groups is 2. The molecule has 0 aliphatic heterocycles. The summed E-state index contributed by atoms with van der Waals surface area (Å²) in [5.74, 6) is -0.848. The molecule has 0 aromatic carbocycles. The van der Waals surface area contributed by atoms with E-state index in [2.05, 4.69) is 10.6 Å². The van der Waals surface area contributed by atoms with E-state index in [0.717, 1.165) is 14.6 Å². The third-order valence-electron chi connectivity index (χ3n) is 3.40. The van der Waals surface area contributed by atoms with Crippen molar-refractivity contribution in [3.8, 4) is 0 Å². The van der Waals surface area contributed by atoms with Crippen molar-refractivity contribution in [1.82, 2.24) is 10.6 Å². The molecule has 0 spiro atoms. The summed E-state index contributed by atoms with van der Waals surface area (Å²) in [5, 5.41) is 17.2. The molecule has 3 N–H and O–H groups in total. The molecule has 0 saturated carbocycles. The first-order valence-electron chi connectivity index (χ1n) is 7.52. The number of aliphatic hydroxyl groups excluding tert-OH is 1. The summed E-state index contributed by atoms with van der Waals surface area (Å²) in [5.41, 5.74) is 0. The quantitative estimate of drug-likeness (QED) is 0.576. The lowest BCUT2D eigenvalue weighted by Gasteiger charge is -2.05. The van der Waals surface area contributed by atoms with Crippen LogP contribution in [0.2, 0.25) is 0 Å². The van der Waals surface area contributed by atoms with Crippen LogP contribution >= 0.6 is 22.7 Å². The van der Waals surface area contributed by atoms with Crippen LogP contribution in [-0.4, -0.2) is 16.9 Å². The SMILES string of the molecule is O=C(NCc1ccco1)C(=O)NCc1ccc([C@H](O)c2cccs2)s1. The molecule has 0 unspecified atom stereocenters. The fraction of sp³-hybridized carbons (Fsp3) is 0.176. The van der Waals surface area contributed by atoms with Crippen LogP contribution in [-0.2, 0) is 22.7 Å². The van der Waals surface area contributed by atoms with Crippen LogP contribution in [0.3, 0.4) is 0 Å². The molecule has 1 atom stereocenters. The highest BCUT2D eigenvalue weighted by molar-refractivity contribution is 7.12. The Labute approximate surface area is 152 Å². The van der Waals surface area contributed by atoms with Crippen molar-refractivity contribution in [1.29, 1.82) is 0 Å². The highest BCUT2D eigenvalue weighted by atomic mass is 32.1. The van der Waals surface area contributed by atoms with E-state index in [1.54, 1.807) is 12.1 Å². The van der Waals surface area contributed by atoms with Gasteiger partial charge in [0.2, 0.25) is 0 Å². The van der Waals surface area contributed by atoms with Crippen molar-refractivity contribution in [2.75, 3.05) is 0 Å². The van der Waals surface area contributed by atoms with E-state index >= 15 is 0 Å². The molecule has 6 nitrogen and oxygen atoms in total. The maximum atomic E-state index is 11.8. The van der Waals surface area contributed by atoms with E-state index < -0.39 is 17.9 Å². The average molecular weight is 376 g/mol. The second-order valence-electron chi connectivity index (χ2n) is 5.17. The van der Waals surface area contributed by atoms with Gasteiger partial charge in [0, 0.05) is 14.6 Å². The number of amides is 2. The highest BCUT2D eigenvalue weighted by Gasteiger charge is 2.16. The predicted octanol–water partition coefficient (Wildman–Crippen LogP) is 2.42. The maximum absolute atomic E-state index is 11.8. The van der Waals surface area contributed by atoms with Gasteiger partial charge in [-0.2, -0.15) is 0 Å². The first-order chi connectivity index (χ1) is 12.1. The summed E-state index contributed by atoms with van der Waals surface area (Å²) in [6, 6.07) is 10.8. The summed E-state index contributed by atoms with van der Waals surface area (Å²) in [6.45, 7) is 0.393. The molecule has 3 rings (SSSR count). The van der Waals surface area contributed by atoms with Gasteiger partial charge >= 0.3 is 11.8 Å². The molecular weight excluding hydrogens is 360 g/mol. The van der Waals surface area contributed by atoms with Crippen LogP contribution in [0.1, 0.15) is 26.5 Å². The van der Waals surface area contributed by atoms with Crippen LogP contribution in [0, 0.1) is 0 Å². The summed E-state index contributed by atoms with van der Waals surface area (Å²) in [4.78, 5) is 26.1. The summed E-state index contributed by atoms with van der Waals surface area (Å²) in [7, 11) is 0. The number of thiophene rings is 2. The lowest BCUT2D eigenvalue weighted by atomic mass is 10.2. The maximum Gasteiger partial charge on any atom is 0.309 e. The van der Waals surface area contributed by atoms with Gasteiger partial charge in [-0.1, -0.05) is 6.07 Å². The molecule has 3 heterocycles. The Morgan fingerprint density at radius 1 is 1.04 bits per heavy atom. The molecule has 0 saturated heterocycles. The monoisotopic (exact) mass is 376 g/mol. The highest BCUT2D eigenvalue weighted by Crippen LogP contribution is 2.30. The average Bonchev–Trinajstić information content (AvgIpc) is 3.39. The van der Waals surface area contributed by atoms with E-state index in [1.165, 1.54) is 28.9 Å². The summed E-state index contributed by atoms with van der Waals surface area (Å²) in [6.07, 6.45) is 0.839. The third-order valence-corrected chi connectivity index (χ3v) is 5.46. The summed E-state index contributed by atoms with van der Waals surface area (Å²) >= 11 is 2.89. The molecule has 2 amide bonds. The first-order valence-corrected chi connectivity index (χ1v) is 9.21. The molecule has 0 fully saturated rings. The topological polar surface area (TPSA) is 91.6 Å². The number of carbonyl (C=O) groups excluding carboxylic acids is 2. The van der Waals surface area contributed by atoms with Gasteiger partial charge in [-0.3, -0.25) is 9.59 Å². The zero-order valence-electron chi connectivity index (χ0n) is 13.1. The van der Waals surface area contributed by atoms with Gasteiger partial charge in [0.15, 0.2) is 0 Å². The fourth-order valence-electron chi connectivity index (χ4n) is 2.13. The van der Waals surface area contributed by atoms with Gasteiger partial charge in [-0.25, -0.2) is 0 Å². The number of rotatable bonds is 6. The van der Waals surface area contributed by atoms with E-state index in [9.17, 15) is 14.7 Å². The van der Waals surface area contributed by atoms with Crippen LogP contribution < -0.4 is 10.6 Å². The smallest absolute Gasteiger partial charge is 0.309 e. The standard InChI is InChI=1S/C17H16N2O4S2/c20-15(13-4-2-8-24-13)14-6-5-12(25-14)10-19-17(22)16(21)18-9-11-3-1-7-23-11/h1-8,15,20H,9-10H2,(H,18,21)(H,19,22)/t15-/m1/s1. The van der Waals surface area contributed by atoms with Gasteiger partial charge in [0.25, 0.3) is 0 Å². The number of furan rings is 1. The second kappa shape index (κ2) is 8.11. The van der Waals surface area contributed by atoms with E-state index in [-0.39, 0.29) is 13.1 Å². The van der Waals surface area contributed by atoms with Crippen molar-refractivity contribution in [3.63, 3.8) is 0 Å². The third kappa shape index (κ3) is 4.56. The van der Waals surface area contributed by atoms with Crippen LogP contribution in [0.5, 0.6) is 0 Å². The zero-order chi connectivity index (χ0) is 17.6. The fourth-order valence-corrected chi connectivity index (χ4v) is 3.89. The van der Waals surface area contributed by atoms with Crippen molar-refractivity contribution in [2.24, 2.45) is 0 Å². The zero-order valence-corrected chi connectivity index (χ0v) is 14.7. The Morgan fingerprint density at radius 2 is 1.84 bits per heavy atom. The van der Waals surface area contributed by atoms with E-state index in [0.29, 0.717) is 5.76 Å². The molecule has 8 heteroatoms. The van der Waals surface area contributed by atoms with Gasteiger partial charge in [0.1, 0.15) is 11.9 Å². The minimum atomic E-state index is -0.716. The number of nitrogens with one attached hydrogen (secondary N) is 2. The molecule has 3 aromatic heterocycles. The van der Waals surface area contributed by atoms with Crippen LogP contribution in [0.25, 0.3) is 0 Å². The number of hydrogen-bond donors (Lipinski definition) is 3. The van der Waals surface area contributed by atoms with Gasteiger partial charge in [-0.15, -0.1) is 22.7 Å². The molecule has 0 radical (unpaired) electrons. The van der Waals surface area contributed by atoms with Crippen molar-refractivity contribution in [3.05, 3.63) is 68.4 Å². The Bertz CT molecular complexity index is 825. The van der Waals surface area contributed by atoms with Crippen molar-refractivity contribution in [2.45, 2.75) is 19.2 Å². The molecule has 130 valence electrons. The van der Waals surface area contributed by atoms with Crippen LogP contribution in [0.15, 0.2) is 52.5 Å². The Kier molecular flexibility index (Phi) is 5.64. The Hall–Kier alpha value is -2.42. The van der Waals surface area contributed by atoms with E-state index in [4.69, 9.17) is 4.42 Å². The van der Waals surface area contributed by atoms with Crippen LogP contribution in [0.4, 0.5) is 0 Å². The lowest BCUT2D eigenvalue weighted by Crippen LogP contribution is -2.39. The number of aliphatic hydroxyl groups is 1. The predicted molar refractivity (Wildman–Crippen MR) is 95.1 cm³/mol. The minimum absolute atomic E-state index is 0.162. The van der Waals surface area contributed by atoms with Crippen molar-refractivity contribution >= 4 is 34.5 Å². The van der Waals surface area contributed by atoms with E-state index in [1.807, 2.05) is 29.6 Å². The lowest BCUT2D eigenvalue weighted by molar-refractivity contribution is -0.139. The minimum Gasteiger partial charge on any atom is -0.467 e. The van der Waals surface area contributed by atoms with Crippen molar-refractivity contribution < 1.29 is 19.1 Å². The summed E-state index contributed by atoms with van der Waals surface area (Å²) < 4.78 is 5.08. The second-order valence-corrected chi connectivity index (χ2v) is 7.35. The molecule has 25 heavy (non-hydrogen) atoms. The molecule has 0 bridgehead atoms. The Balaban J connectivity index is 1.48. The van der Waals surface area contributed by atoms with Gasteiger partial charge in [-0.05, 0) is 35.7 Å². The Morgan fingerprint density at radius 3 is 2.52 bits per heavy atom. The molecule has 3 aromatic rings. The number of hydrogen-bond acceptors (Lipinski definition) is 6. The molecule has 0 aliphatic carbocycles. The molecular formula is C17H16N2O4S2. The van der Waals surface area contributed by atoms with Gasteiger partial charge < -0.3 is 20.2 Å². The first kappa shape index (κ1) is 17.4.